The van der Waals surface area contributed by atoms with Gasteiger partial charge in [0.05, 0.1) is 5.69 Å². The zero-order valence-corrected chi connectivity index (χ0v) is 14.7. The van der Waals surface area contributed by atoms with Crippen LogP contribution in [-0.2, 0) is 0 Å². The number of benzene rings is 1. The van der Waals surface area contributed by atoms with E-state index < -0.39 is 0 Å². The lowest BCUT2D eigenvalue weighted by molar-refractivity contribution is 0.583. The number of nitrogens with zero attached hydrogens (tertiary/aromatic N) is 1. The largest absolute Gasteiger partial charge is 0.324 e. The maximum absolute atomic E-state index is 15.1. The van der Waals surface area contributed by atoms with Gasteiger partial charge in [-0.1, -0.05) is 18.2 Å². The van der Waals surface area contributed by atoms with E-state index in [1.54, 1.807) is 0 Å². The summed E-state index contributed by atoms with van der Waals surface area (Å²) < 4.78 is 17.1. The van der Waals surface area contributed by atoms with Gasteiger partial charge in [-0.15, -0.1) is 12.4 Å². The average Bonchev–Trinajstić information content (AvgIpc) is 3.23. The van der Waals surface area contributed by atoms with Crippen LogP contribution in [0.3, 0.4) is 0 Å². The molecule has 2 nitrogen and oxygen atoms in total. The molecule has 1 fully saturated rings. The molecule has 1 heterocycles. The molecule has 23 heavy (non-hydrogen) atoms. The Morgan fingerprint density at radius 1 is 1.17 bits per heavy atom. The van der Waals surface area contributed by atoms with Crippen LogP contribution >= 0.6 is 12.4 Å². The fraction of sp³-hybridized carbons (Fsp3) is 0.368. The van der Waals surface area contributed by atoms with Crippen molar-refractivity contribution < 1.29 is 4.39 Å². The molecule has 1 atom stereocenters. The first-order valence-corrected chi connectivity index (χ1v) is 7.90. The van der Waals surface area contributed by atoms with Crippen LogP contribution in [-0.4, -0.2) is 4.57 Å². The molecule has 0 unspecified atom stereocenters. The van der Waals surface area contributed by atoms with Crippen molar-refractivity contribution in [2.45, 2.75) is 39.7 Å². The molecule has 1 aliphatic rings. The van der Waals surface area contributed by atoms with E-state index in [9.17, 15) is 0 Å². The highest BCUT2D eigenvalue weighted by molar-refractivity contribution is 5.85. The highest BCUT2D eigenvalue weighted by Gasteiger charge is 2.20. The van der Waals surface area contributed by atoms with Crippen molar-refractivity contribution in [2.75, 3.05) is 0 Å². The lowest BCUT2D eigenvalue weighted by Gasteiger charge is -2.17. The van der Waals surface area contributed by atoms with Crippen molar-refractivity contribution >= 4 is 18.5 Å². The van der Waals surface area contributed by atoms with Crippen molar-refractivity contribution in [3.8, 4) is 5.69 Å². The molecule has 1 aromatic carbocycles. The van der Waals surface area contributed by atoms with Crippen LogP contribution in [0.4, 0.5) is 4.39 Å². The van der Waals surface area contributed by atoms with Crippen LogP contribution in [0.5, 0.6) is 0 Å². The number of aromatic nitrogens is 1. The lowest BCUT2D eigenvalue weighted by Crippen LogP contribution is -2.13. The van der Waals surface area contributed by atoms with Crippen molar-refractivity contribution in [1.29, 1.82) is 0 Å². The minimum absolute atomic E-state index is 0. The minimum Gasteiger partial charge on any atom is -0.324 e. The summed E-state index contributed by atoms with van der Waals surface area (Å²) in [5.41, 5.74) is 10.2. The van der Waals surface area contributed by atoms with Gasteiger partial charge in [-0.05, 0) is 63.3 Å². The average molecular weight is 335 g/mol. The first-order valence-electron chi connectivity index (χ1n) is 7.90. The molecule has 1 aliphatic carbocycles. The van der Waals surface area contributed by atoms with Crippen molar-refractivity contribution in [2.24, 2.45) is 11.7 Å². The summed E-state index contributed by atoms with van der Waals surface area (Å²) in [4.78, 5) is 0. The maximum atomic E-state index is 15.1. The maximum Gasteiger partial charge on any atom is 0.152 e. The highest BCUT2D eigenvalue weighted by atomic mass is 35.5. The normalized spacial score (nSPS) is 15.7. The van der Waals surface area contributed by atoms with Gasteiger partial charge in [-0.25, -0.2) is 4.39 Å². The van der Waals surface area contributed by atoms with E-state index in [0.29, 0.717) is 17.2 Å². The van der Waals surface area contributed by atoms with Gasteiger partial charge in [0, 0.05) is 23.0 Å². The zero-order valence-electron chi connectivity index (χ0n) is 13.8. The minimum atomic E-state index is -0.338. The summed E-state index contributed by atoms with van der Waals surface area (Å²) in [6.45, 7) is 5.81. The predicted octanol–water partition coefficient (Wildman–Crippen LogP) is 5.10. The lowest BCUT2D eigenvalue weighted by atomic mass is 9.99. The van der Waals surface area contributed by atoms with Crippen LogP contribution in [0.25, 0.3) is 11.8 Å². The van der Waals surface area contributed by atoms with Crippen LogP contribution < -0.4 is 5.73 Å². The number of allylic oxidation sites excluding steroid dienone is 1. The summed E-state index contributed by atoms with van der Waals surface area (Å²) in [7, 11) is 0. The second-order valence-electron chi connectivity index (χ2n) is 6.34. The first-order chi connectivity index (χ1) is 10.5. The van der Waals surface area contributed by atoms with Gasteiger partial charge in [0.1, 0.15) is 0 Å². The number of nitrogens with two attached hydrogens (primary N) is 1. The molecule has 0 bridgehead atoms. The Hall–Kier alpha value is -1.58. The molecule has 4 heteroatoms. The molecule has 1 aromatic heterocycles. The molecule has 0 saturated heterocycles. The van der Waals surface area contributed by atoms with Crippen molar-refractivity contribution in [3.63, 3.8) is 0 Å². The molecule has 0 amide bonds. The summed E-state index contributed by atoms with van der Waals surface area (Å²) in [6.07, 6.45) is 6.68. The molecule has 2 aromatic rings. The van der Waals surface area contributed by atoms with E-state index in [0.717, 1.165) is 17.0 Å². The highest BCUT2D eigenvalue weighted by Crippen LogP contribution is 2.33. The third-order valence-electron chi connectivity index (χ3n) is 4.33. The standard InChI is InChI=1S/C19H23FN2.ClH/c1-12-4-5-13(2)22(12)17-11-10-16(9-8-15-6-7-15)18(14(3)21)19(17)20;/h4-5,8-11,14-15H,6-7,21H2,1-3H3;1H/b9-8+;/t14-;/m0./s1. The Morgan fingerprint density at radius 3 is 2.30 bits per heavy atom. The van der Waals surface area contributed by atoms with E-state index in [1.807, 2.05) is 55.7 Å². The Labute approximate surface area is 143 Å². The molecule has 2 N–H and O–H groups in total. The molecule has 0 radical (unpaired) electrons. The van der Waals surface area contributed by atoms with Crippen molar-refractivity contribution in [1.82, 2.24) is 4.57 Å². The summed E-state index contributed by atoms with van der Waals surface area (Å²) >= 11 is 0. The second kappa shape index (κ2) is 6.90. The fourth-order valence-electron chi connectivity index (χ4n) is 2.95. The summed E-state index contributed by atoms with van der Waals surface area (Å²) in [6, 6.07) is 7.50. The first kappa shape index (κ1) is 17.8. The summed E-state index contributed by atoms with van der Waals surface area (Å²) in [5, 5.41) is 0. The summed E-state index contributed by atoms with van der Waals surface area (Å²) in [5.74, 6) is 0.452. The van der Waals surface area contributed by atoms with Gasteiger partial charge in [-0.2, -0.15) is 0 Å². The smallest absolute Gasteiger partial charge is 0.152 e. The molecule has 3 rings (SSSR count). The van der Waals surface area contributed by atoms with Gasteiger partial charge in [0.2, 0.25) is 0 Å². The zero-order chi connectivity index (χ0) is 15.9. The Balaban J connectivity index is 0.00000192. The quantitative estimate of drug-likeness (QED) is 0.828. The second-order valence-corrected chi connectivity index (χ2v) is 6.34. The number of halogens is 2. The van der Waals surface area contributed by atoms with Gasteiger partial charge < -0.3 is 10.3 Å². The molecule has 0 aliphatic heterocycles. The molecular formula is C19H24ClFN2. The topological polar surface area (TPSA) is 30.9 Å². The number of aryl methyl sites for hydroxylation is 2. The Bertz CT molecular complexity index is 708. The third kappa shape index (κ3) is 3.51. The van der Waals surface area contributed by atoms with Crippen LogP contribution in [0.15, 0.2) is 30.3 Å². The van der Waals surface area contributed by atoms with Crippen molar-refractivity contribution in [3.05, 3.63) is 58.7 Å². The predicted molar refractivity (Wildman–Crippen MR) is 96.8 cm³/mol. The van der Waals surface area contributed by atoms with E-state index >= 15 is 4.39 Å². The Kier molecular flexibility index (Phi) is 5.33. The molecule has 124 valence electrons. The fourth-order valence-corrected chi connectivity index (χ4v) is 2.95. The van der Waals surface area contributed by atoms with E-state index in [-0.39, 0.29) is 24.3 Å². The van der Waals surface area contributed by atoms with Gasteiger partial charge in [0.15, 0.2) is 5.82 Å². The number of hydrogen-bond acceptors (Lipinski definition) is 1. The van der Waals surface area contributed by atoms with Gasteiger partial charge in [-0.3, -0.25) is 0 Å². The van der Waals surface area contributed by atoms with E-state index in [2.05, 4.69) is 6.08 Å². The van der Waals surface area contributed by atoms with E-state index in [1.165, 1.54) is 12.8 Å². The molecule has 0 spiro atoms. The number of hydrogen-bond donors (Lipinski definition) is 1. The van der Waals surface area contributed by atoms with E-state index in [4.69, 9.17) is 5.73 Å². The molecular weight excluding hydrogens is 311 g/mol. The van der Waals surface area contributed by atoms with Crippen LogP contribution in [0, 0.1) is 25.6 Å². The SMILES string of the molecule is Cc1ccc(C)n1-c1ccc(/C=C/C2CC2)c([C@H](C)N)c1F.Cl. The van der Waals surface area contributed by atoms with Crippen LogP contribution in [0.1, 0.15) is 48.3 Å². The molecule has 1 saturated carbocycles. The van der Waals surface area contributed by atoms with Gasteiger partial charge in [0.25, 0.3) is 0 Å². The Morgan fingerprint density at radius 2 is 1.78 bits per heavy atom. The third-order valence-corrected chi connectivity index (χ3v) is 4.33. The van der Waals surface area contributed by atoms with Gasteiger partial charge >= 0.3 is 0 Å². The number of rotatable bonds is 4. The van der Waals surface area contributed by atoms with Crippen LogP contribution in [0.2, 0.25) is 0 Å². The monoisotopic (exact) mass is 334 g/mol.